The molecule has 29 heavy (non-hydrogen) atoms. The van der Waals surface area contributed by atoms with E-state index in [-0.39, 0.29) is 5.91 Å². The van der Waals surface area contributed by atoms with Crippen molar-refractivity contribution < 1.29 is 9.90 Å². The molecule has 3 heterocycles. The summed E-state index contributed by atoms with van der Waals surface area (Å²) in [6, 6.07) is 5.93. The van der Waals surface area contributed by atoms with E-state index in [0.717, 1.165) is 67.7 Å². The van der Waals surface area contributed by atoms with E-state index in [1.165, 1.54) is 5.56 Å². The molecule has 1 unspecified atom stereocenters. The van der Waals surface area contributed by atoms with Gasteiger partial charge in [-0.2, -0.15) is 0 Å². The fourth-order valence-electron chi connectivity index (χ4n) is 4.74. The van der Waals surface area contributed by atoms with Crippen molar-refractivity contribution in [2.24, 2.45) is 0 Å². The molecule has 2 N–H and O–H groups in total. The van der Waals surface area contributed by atoms with Crippen molar-refractivity contribution >= 4 is 16.8 Å². The first-order valence-corrected chi connectivity index (χ1v) is 10.9. The van der Waals surface area contributed by atoms with Crippen LogP contribution in [0, 0.1) is 13.8 Å². The summed E-state index contributed by atoms with van der Waals surface area (Å²) in [5.74, 6) is 0.0778. The van der Waals surface area contributed by atoms with Gasteiger partial charge in [0.15, 0.2) is 0 Å². The second kappa shape index (κ2) is 8.09. The highest BCUT2D eigenvalue weighted by atomic mass is 16.3. The van der Waals surface area contributed by atoms with Gasteiger partial charge < -0.3 is 19.9 Å². The number of nitrogens with one attached hydrogen (secondary N) is 1. The number of aliphatic hydroxyl groups is 1. The largest absolute Gasteiger partial charge is 0.388 e. The average molecular weight is 399 g/mol. The summed E-state index contributed by atoms with van der Waals surface area (Å²) in [5.41, 5.74) is 3.47. The number of carbonyl (C=O) groups is 1. The maximum absolute atomic E-state index is 13.2. The minimum atomic E-state index is -0.691. The molecule has 0 bridgehead atoms. The van der Waals surface area contributed by atoms with Crippen LogP contribution in [0.2, 0.25) is 0 Å². The average Bonchev–Trinajstić information content (AvgIpc) is 2.86. The predicted octanol–water partition coefficient (Wildman–Crippen LogP) is 2.39. The van der Waals surface area contributed by atoms with Gasteiger partial charge in [-0.25, -0.2) is 0 Å². The lowest BCUT2D eigenvalue weighted by Gasteiger charge is -2.38. The maximum Gasteiger partial charge on any atom is 0.253 e. The van der Waals surface area contributed by atoms with E-state index in [9.17, 15) is 9.90 Å². The highest BCUT2D eigenvalue weighted by Crippen LogP contribution is 2.27. The maximum atomic E-state index is 13.2. The monoisotopic (exact) mass is 398 g/mol. The molecule has 1 amide bonds. The molecule has 1 aromatic carbocycles. The van der Waals surface area contributed by atoms with E-state index in [0.29, 0.717) is 19.5 Å². The van der Waals surface area contributed by atoms with Crippen LogP contribution < -0.4 is 0 Å². The Bertz CT molecular complexity index is 884. The van der Waals surface area contributed by atoms with E-state index in [2.05, 4.69) is 35.7 Å². The lowest BCUT2D eigenvalue weighted by Crippen LogP contribution is -2.51. The number of hydrogen-bond donors (Lipinski definition) is 2. The van der Waals surface area contributed by atoms with Crippen LogP contribution in [0.3, 0.4) is 0 Å². The Labute approximate surface area is 173 Å². The van der Waals surface area contributed by atoms with Crippen molar-refractivity contribution in [2.75, 3.05) is 52.9 Å². The van der Waals surface area contributed by atoms with Crippen LogP contribution in [-0.4, -0.2) is 89.2 Å². The van der Waals surface area contributed by atoms with Gasteiger partial charge in [0.1, 0.15) is 0 Å². The summed E-state index contributed by atoms with van der Waals surface area (Å²) in [4.78, 5) is 23.2. The van der Waals surface area contributed by atoms with Crippen LogP contribution in [-0.2, 0) is 0 Å². The highest BCUT2D eigenvalue weighted by molar-refractivity contribution is 5.99. The Morgan fingerprint density at radius 2 is 1.86 bits per heavy atom. The number of benzene rings is 1. The number of nitrogens with zero attached hydrogens (tertiary/aromatic N) is 3. The topological polar surface area (TPSA) is 62.8 Å². The van der Waals surface area contributed by atoms with Crippen LogP contribution in [0.15, 0.2) is 18.2 Å². The molecule has 158 valence electrons. The Morgan fingerprint density at radius 3 is 2.62 bits per heavy atom. The van der Waals surface area contributed by atoms with Crippen molar-refractivity contribution in [1.29, 1.82) is 0 Å². The van der Waals surface area contributed by atoms with Crippen molar-refractivity contribution in [1.82, 2.24) is 19.7 Å². The van der Waals surface area contributed by atoms with Gasteiger partial charge in [-0.1, -0.05) is 0 Å². The molecular formula is C23H34N4O2. The Morgan fingerprint density at radius 1 is 1.10 bits per heavy atom. The third-order valence-corrected chi connectivity index (χ3v) is 6.87. The Hall–Kier alpha value is -1.89. The molecule has 1 aromatic heterocycles. The van der Waals surface area contributed by atoms with E-state index in [4.69, 9.17) is 0 Å². The molecule has 0 aliphatic carbocycles. The zero-order valence-electron chi connectivity index (χ0n) is 18.0. The van der Waals surface area contributed by atoms with E-state index < -0.39 is 5.60 Å². The fraction of sp³-hybridized carbons (Fsp3) is 0.609. The van der Waals surface area contributed by atoms with Crippen LogP contribution >= 0.6 is 0 Å². The summed E-state index contributed by atoms with van der Waals surface area (Å²) >= 11 is 0. The minimum Gasteiger partial charge on any atom is -0.388 e. The van der Waals surface area contributed by atoms with Crippen molar-refractivity contribution in [2.45, 2.75) is 38.7 Å². The lowest BCUT2D eigenvalue weighted by molar-refractivity contribution is -0.0179. The van der Waals surface area contributed by atoms with E-state index in [1.807, 2.05) is 23.1 Å². The summed E-state index contributed by atoms with van der Waals surface area (Å²) in [6.45, 7) is 10.3. The van der Waals surface area contributed by atoms with Crippen molar-refractivity contribution in [3.63, 3.8) is 0 Å². The molecule has 0 saturated carbocycles. The van der Waals surface area contributed by atoms with Gasteiger partial charge in [0.2, 0.25) is 0 Å². The molecule has 2 aliphatic heterocycles. The molecule has 1 atom stereocenters. The number of carbonyl (C=O) groups excluding carboxylic acids is 1. The van der Waals surface area contributed by atoms with Gasteiger partial charge in [-0.05, 0) is 63.9 Å². The Balaban J connectivity index is 1.42. The van der Waals surface area contributed by atoms with Gasteiger partial charge in [-0.15, -0.1) is 0 Å². The van der Waals surface area contributed by atoms with Gasteiger partial charge >= 0.3 is 0 Å². The summed E-state index contributed by atoms with van der Waals surface area (Å²) in [6.07, 6.45) is 2.26. The molecule has 6 nitrogen and oxygen atoms in total. The molecule has 2 aromatic rings. The quantitative estimate of drug-likeness (QED) is 0.833. The van der Waals surface area contributed by atoms with Crippen LogP contribution in [0.25, 0.3) is 10.9 Å². The molecule has 6 heteroatoms. The van der Waals surface area contributed by atoms with Gasteiger partial charge in [0.25, 0.3) is 5.91 Å². The second-order valence-electron chi connectivity index (χ2n) is 9.08. The number of β-amino-alcohol motifs (C(OH)–C–C–N with tert-alkyl or cyclic N) is 1. The van der Waals surface area contributed by atoms with Crippen LogP contribution in [0.4, 0.5) is 0 Å². The first-order chi connectivity index (χ1) is 13.8. The smallest absolute Gasteiger partial charge is 0.253 e. The minimum absolute atomic E-state index is 0.0778. The number of amides is 1. The molecule has 0 radical (unpaired) electrons. The highest BCUT2D eigenvalue weighted by Gasteiger charge is 2.34. The molecule has 4 rings (SSSR count). The SMILES string of the molecule is Cc1[nH]c2ccc(C(=O)N3CCCC(O)(CN4CCN(C)CC4)CC3)cc2c1C. The number of rotatable bonds is 3. The second-order valence-corrected chi connectivity index (χ2v) is 9.08. The normalized spacial score (nSPS) is 24.8. The van der Waals surface area contributed by atoms with Gasteiger partial charge in [-0.3, -0.25) is 9.69 Å². The van der Waals surface area contributed by atoms with Crippen molar-refractivity contribution in [3.05, 3.63) is 35.0 Å². The number of fused-ring (bicyclic) bond motifs is 1. The first kappa shape index (κ1) is 20.4. The summed E-state index contributed by atoms with van der Waals surface area (Å²) in [5, 5.41) is 12.3. The number of aromatic nitrogens is 1. The lowest BCUT2D eigenvalue weighted by atomic mass is 9.94. The van der Waals surface area contributed by atoms with Gasteiger partial charge in [0, 0.05) is 68.0 Å². The number of likely N-dealkylation sites (N-methyl/N-ethyl adjacent to an activating group) is 1. The first-order valence-electron chi connectivity index (χ1n) is 10.9. The third-order valence-electron chi connectivity index (χ3n) is 6.87. The van der Waals surface area contributed by atoms with Crippen molar-refractivity contribution in [3.8, 4) is 0 Å². The molecule has 2 aliphatic rings. The standard InChI is InChI=1S/C23H34N4O2/c1-17-18(2)24-21-6-5-19(15-20(17)21)22(28)27-9-4-7-23(29,8-10-27)16-26-13-11-25(3)12-14-26/h5-6,15,24,29H,4,7-14,16H2,1-3H3. The van der Waals surface area contributed by atoms with E-state index >= 15 is 0 Å². The summed E-state index contributed by atoms with van der Waals surface area (Å²) < 4.78 is 0. The summed E-state index contributed by atoms with van der Waals surface area (Å²) in [7, 11) is 2.15. The van der Waals surface area contributed by atoms with Gasteiger partial charge in [0.05, 0.1) is 5.60 Å². The molecule has 0 spiro atoms. The van der Waals surface area contributed by atoms with Crippen LogP contribution in [0.5, 0.6) is 0 Å². The number of piperazine rings is 1. The number of hydrogen-bond acceptors (Lipinski definition) is 4. The zero-order valence-corrected chi connectivity index (χ0v) is 18.0. The molecule has 2 saturated heterocycles. The van der Waals surface area contributed by atoms with E-state index in [1.54, 1.807) is 0 Å². The Kier molecular flexibility index (Phi) is 5.69. The fourth-order valence-corrected chi connectivity index (χ4v) is 4.74. The zero-order chi connectivity index (χ0) is 20.6. The number of likely N-dealkylation sites (tertiary alicyclic amines) is 1. The third kappa shape index (κ3) is 4.34. The predicted molar refractivity (Wildman–Crippen MR) is 116 cm³/mol. The number of aromatic amines is 1. The molecular weight excluding hydrogens is 364 g/mol. The number of aryl methyl sites for hydroxylation is 2. The van der Waals surface area contributed by atoms with Crippen LogP contribution in [0.1, 0.15) is 40.9 Å². The number of H-pyrrole nitrogens is 1. The molecule has 2 fully saturated rings.